The predicted molar refractivity (Wildman–Crippen MR) is 78.6 cm³/mol. The molecule has 2 amide bonds. The van der Waals surface area contributed by atoms with Crippen molar-refractivity contribution in [2.75, 3.05) is 25.3 Å². The number of amides is 2. The van der Waals surface area contributed by atoms with Crippen LogP contribution in [0.4, 0.5) is 0 Å². The van der Waals surface area contributed by atoms with Gasteiger partial charge < -0.3 is 15.0 Å². The molecule has 1 heterocycles. The van der Waals surface area contributed by atoms with E-state index in [2.05, 4.69) is 5.32 Å². The third kappa shape index (κ3) is 3.45. The highest BCUT2D eigenvalue weighted by Crippen LogP contribution is 2.24. The van der Waals surface area contributed by atoms with Gasteiger partial charge in [0.1, 0.15) is 12.3 Å². The Labute approximate surface area is 122 Å². The summed E-state index contributed by atoms with van der Waals surface area (Å²) in [6.45, 7) is 2.02. The van der Waals surface area contributed by atoms with Crippen molar-refractivity contribution in [2.24, 2.45) is 0 Å². The van der Waals surface area contributed by atoms with Gasteiger partial charge in [-0.2, -0.15) is 0 Å². The number of para-hydroxylation sites is 1. The van der Waals surface area contributed by atoms with Crippen LogP contribution in [0.25, 0.3) is 0 Å². The lowest BCUT2D eigenvalue weighted by Gasteiger charge is -2.19. The lowest BCUT2D eigenvalue weighted by molar-refractivity contribution is -0.132. The van der Waals surface area contributed by atoms with Crippen LogP contribution in [-0.2, 0) is 9.59 Å². The summed E-state index contributed by atoms with van der Waals surface area (Å²) in [6.07, 6.45) is 0. The SMILES string of the molecule is COc1ccccc1[C@H](C)NC(=O)CN1CSCC1=O. The monoisotopic (exact) mass is 294 g/mol. The molecule has 1 aliphatic heterocycles. The first-order valence-electron chi connectivity index (χ1n) is 6.39. The number of methoxy groups -OCH3 is 1. The van der Waals surface area contributed by atoms with Crippen LogP contribution in [0.15, 0.2) is 24.3 Å². The number of ether oxygens (including phenoxy) is 1. The molecule has 0 bridgehead atoms. The maximum atomic E-state index is 12.0. The van der Waals surface area contributed by atoms with Gasteiger partial charge in [-0.1, -0.05) is 18.2 Å². The van der Waals surface area contributed by atoms with E-state index in [1.54, 1.807) is 12.0 Å². The number of nitrogens with zero attached hydrogens (tertiary/aromatic N) is 1. The van der Waals surface area contributed by atoms with Crippen LogP contribution >= 0.6 is 11.8 Å². The molecule has 0 radical (unpaired) electrons. The Morgan fingerprint density at radius 3 is 2.90 bits per heavy atom. The molecule has 6 heteroatoms. The molecule has 20 heavy (non-hydrogen) atoms. The highest BCUT2D eigenvalue weighted by molar-refractivity contribution is 8.00. The van der Waals surface area contributed by atoms with E-state index in [1.807, 2.05) is 31.2 Å². The predicted octanol–water partition coefficient (Wildman–Crippen LogP) is 1.41. The normalized spacial score (nSPS) is 16.1. The molecule has 5 nitrogen and oxygen atoms in total. The standard InChI is InChI=1S/C14H18N2O3S/c1-10(11-5-3-4-6-12(11)19-2)15-13(17)7-16-9-20-8-14(16)18/h3-6,10H,7-9H2,1-2H3,(H,15,17)/t10-/m0/s1. The fourth-order valence-electron chi connectivity index (χ4n) is 2.10. The van der Waals surface area contributed by atoms with E-state index in [0.29, 0.717) is 11.6 Å². The molecule has 1 saturated heterocycles. The van der Waals surface area contributed by atoms with Crippen LogP contribution in [0.2, 0.25) is 0 Å². The maximum absolute atomic E-state index is 12.0. The molecule has 0 aliphatic carbocycles. The van der Waals surface area contributed by atoms with Crippen LogP contribution < -0.4 is 10.1 Å². The van der Waals surface area contributed by atoms with Gasteiger partial charge in [0.2, 0.25) is 11.8 Å². The Balaban J connectivity index is 1.95. The van der Waals surface area contributed by atoms with Crippen molar-refractivity contribution in [3.05, 3.63) is 29.8 Å². The van der Waals surface area contributed by atoms with Crippen LogP contribution in [-0.4, -0.2) is 42.0 Å². The molecule has 1 N–H and O–H groups in total. The summed E-state index contributed by atoms with van der Waals surface area (Å²) in [4.78, 5) is 25.0. The second-order valence-electron chi connectivity index (χ2n) is 4.60. The first-order valence-corrected chi connectivity index (χ1v) is 7.55. The Morgan fingerprint density at radius 2 is 2.25 bits per heavy atom. The zero-order valence-corrected chi connectivity index (χ0v) is 12.4. The minimum atomic E-state index is -0.163. The summed E-state index contributed by atoms with van der Waals surface area (Å²) in [5.41, 5.74) is 0.922. The number of hydrogen-bond donors (Lipinski definition) is 1. The summed E-state index contributed by atoms with van der Waals surface area (Å²) >= 11 is 1.53. The van der Waals surface area contributed by atoms with Gasteiger partial charge in [-0.15, -0.1) is 11.8 Å². The third-order valence-electron chi connectivity index (χ3n) is 3.14. The summed E-state index contributed by atoms with van der Waals surface area (Å²) < 4.78 is 5.28. The number of thioether (sulfide) groups is 1. The van der Waals surface area contributed by atoms with Crippen molar-refractivity contribution < 1.29 is 14.3 Å². The third-order valence-corrected chi connectivity index (χ3v) is 4.09. The molecule has 0 saturated carbocycles. The van der Waals surface area contributed by atoms with E-state index in [9.17, 15) is 9.59 Å². The molecule has 1 fully saturated rings. The van der Waals surface area contributed by atoms with Crippen molar-refractivity contribution in [1.82, 2.24) is 10.2 Å². The molecule has 1 aliphatic rings. The maximum Gasteiger partial charge on any atom is 0.240 e. The molecule has 1 atom stereocenters. The quantitative estimate of drug-likeness (QED) is 0.892. The van der Waals surface area contributed by atoms with E-state index in [1.165, 1.54) is 11.8 Å². The number of hydrogen-bond acceptors (Lipinski definition) is 4. The van der Waals surface area contributed by atoms with Crippen molar-refractivity contribution in [3.8, 4) is 5.75 Å². The van der Waals surface area contributed by atoms with Gasteiger partial charge in [0.25, 0.3) is 0 Å². The Hall–Kier alpha value is -1.69. The van der Waals surface area contributed by atoms with Crippen molar-refractivity contribution >= 4 is 23.6 Å². The van der Waals surface area contributed by atoms with Gasteiger partial charge in [0.05, 0.1) is 24.8 Å². The topological polar surface area (TPSA) is 58.6 Å². The number of nitrogens with one attached hydrogen (secondary N) is 1. The van der Waals surface area contributed by atoms with Gasteiger partial charge in [-0.25, -0.2) is 0 Å². The number of rotatable bonds is 5. The zero-order valence-electron chi connectivity index (χ0n) is 11.6. The van der Waals surface area contributed by atoms with E-state index >= 15 is 0 Å². The molecule has 2 rings (SSSR count). The smallest absolute Gasteiger partial charge is 0.240 e. The second-order valence-corrected chi connectivity index (χ2v) is 5.56. The lowest BCUT2D eigenvalue weighted by atomic mass is 10.1. The Morgan fingerprint density at radius 1 is 1.50 bits per heavy atom. The Kier molecular flexibility index (Phi) is 4.89. The molecule has 0 unspecified atom stereocenters. The van der Waals surface area contributed by atoms with Crippen LogP contribution in [0.3, 0.4) is 0 Å². The largest absolute Gasteiger partial charge is 0.496 e. The van der Waals surface area contributed by atoms with E-state index in [4.69, 9.17) is 4.74 Å². The van der Waals surface area contributed by atoms with Crippen molar-refractivity contribution in [1.29, 1.82) is 0 Å². The van der Waals surface area contributed by atoms with Crippen LogP contribution in [0.1, 0.15) is 18.5 Å². The highest BCUT2D eigenvalue weighted by atomic mass is 32.2. The molecule has 0 spiro atoms. The highest BCUT2D eigenvalue weighted by Gasteiger charge is 2.23. The summed E-state index contributed by atoms with van der Waals surface area (Å²) in [5, 5.41) is 2.90. The molecular weight excluding hydrogens is 276 g/mol. The molecule has 108 valence electrons. The van der Waals surface area contributed by atoms with E-state index in [-0.39, 0.29) is 24.4 Å². The Bertz CT molecular complexity index is 507. The minimum Gasteiger partial charge on any atom is -0.496 e. The minimum absolute atomic E-state index is 0.0232. The van der Waals surface area contributed by atoms with Gasteiger partial charge in [0.15, 0.2) is 0 Å². The van der Waals surface area contributed by atoms with Gasteiger partial charge in [0, 0.05) is 5.56 Å². The first-order chi connectivity index (χ1) is 9.61. The first kappa shape index (κ1) is 14.7. The fraction of sp³-hybridized carbons (Fsp3) is 0.429. The number of carbonyl (C=O) groups is 2. The summed E-state index contributed by atoms with van der Waals surface area (Å²) in [7, 11) is 1.60. The van der Waals surface area contributed by atoms with Crippen LogP contribution in [0.5, 0.6) is 5.75 Å². The lowest BCUT2D eigenvalue weighted by Crippen LogP contribution is -2.39. The van der Waals surface area contributed by atoms with Crippen LogP contribution in [0, 0.1) is 0 Å². The van der Waals surface area contributed by atoms with Crippen molar-refractivity contribution in [3.63, 3.8) is 0 Å². The summed E-state index contributed by atoms with van der Waals surface area (Å²) in [6, 6.07) is 7.40. The zero-order chi connectivity index (χ0) is 14.5. The molecule has 1 aromatic rings. The average molecular weight is 294 g/mol. The van der Waals surface area contributed by atoms with Crippen molar-refractivity contribution in [2.45, 2.75) is 13.0 Å². The fourth-order valence-corrected chi connectivity index (χ4v) is 3.01. The summed E-state index contributed by atoms with van der Waals surface area (Å²) in [5.74, 6) is 1.67. The molecule has 0 aromatic heterocycles. The molecular formula is C14H18N2O3S. The van der Waals surface area contributed by atoms with E-state index in [0.717, 1.165) is 11.3 Å². The molecule has 1 aromatic carbocycles. The van der Waals surface area contributed by atoms with Gasteiger partial charge in [-0.3, -0.25) is 9.59 Å². The second kappa shape index (κ2) is 6.65. The average Bonchev–Trinajstić information content (AvgIpc) is 2.84. The number of carbonyl (C=O) groups excluding carboxylic acids is 2. The van der Waals surface area contributed by atoms with E-state index < -0.39 is 0 Å². The van der Waals surface area contributed by atoms with Gasteiger partial charge in [-0.05, 0) is 13.0 Å². The number of benzene rings is 1. The van der Waals surface area contributed by atoms with Gasteiger partial charge >= 0.3 is 0 Å².